The fraction of sp³-hybridized carbons (Fsp3) is 0.571. The Kier molecular flexibility index (Phi) is 6.72. The summed E-state index contributed by atoms with van der Waals surface area (Å²) in [6.45, 7) is 5.51. The summed E-state index contributed by atoms with van der Waals surface area (Å²) in [7, 11) is 0. The third-order valence-corrected chi connectivity index (χ3v) is 7.65. The maximum atomic E-state index is 13.3. The predicted octanol–water partition coefficient (Wildman–Crippen LogP) is 3.30. The lowest BCUT2D eigenvalue weighted by atomic mass is 10.1. The van der Waals surface area contributed by atoms with Crippen LogP contribution < -0.4 is 10.9 Å². The molecule has 2 aromatic rings. The van der Waals surface area contributed by atoms with E-state index in [4.69, 9.17) is 9.72 Å². The van der Waals surface area contributed by atoms with Crippen LogP contribution in [0.5, 0.6) is 0 Å². The molecule has 0 aromatic carbocycles. The highest BCUT2D eigenvalue weighted by atomic mass is 32.2. The van der Waals surface area contributed by atoms with Gasteiger partial charge in [0, 0.05) is 24.6 Å². The van der Waals surface area contributed by atoms with E-state index in [1.165, 1.54) is 35.0 Å². The van der Waals surface area contributed by atoms with Crippen LogP contribution in [-0.4, -0.2) is 40.5 Å². The smallest absolute Gasteiger partial charge is 0.263 e. The minimum absolute atomic E-state index is 0.00318. The number of thioether (sulfide) groups is 1. The maximum Gasteiger partial charge on any atom is 0.263 e. The first kappa shape index (κ1) is 20.6. The number of aryl methyl sites for hydroxylation is 2. The zero-order chi connectivity index (χ0) is 20.2. The van der Waals surface area contributed by atoms with Crippen molar-refractivity contribution >= 4 is 39.2 Å². The van der Waals surface area contributed by atoms with E-state index in [9.17, 15) is 9.59 Å². The van der Waals surface area contributed by atoms with Crippen molar-refractivity contribution < 1.29 is 9.53 Å². The summed E-state index contributed by atoms with van der Waals surface area (Å²) in [4.78, 5) is 32.5. The second-order valence-electron chi connectivity index (χ2n) is 7.57. The van der Waals surface area contributed by atoms with Crippen molar-refractivity contribution in [2.75, 3.05) is 18.9 Å². The molecule has 1 aliphatic carbocycles. The molecule has 4 rings (SSSR count). The lowest BCUT2D eigenvalue weighted by Gasteiger charge is -2.12. The molecule has 2 aliphatic rings. The summed E-state index contributed by atoms with van der Waals surface area (Å²) in [6.07, 6.45) is 9.39. The van der Waals surface area contributed by atoms with Crippen LogP contribution in [0.25, 0.3) is 10.2 Å². The number of hydrogen-bond acceptors (Lipinski definition) is 6. The van der Waals surface area contributed by atoms with Gasteiger partial charge in [-0.1, -0.05) is 24.3 Å². The first-order valence-corrected chi connectivity index (χ1v) is 12.1. The number of hydrogen-bond donors (Lipinski definition) is 1. The number of amides is 1. The quantitative estimate of drug-likeness (QED) is 0.314. The van der Waals surface area contributed by atoms with Gasteiger partial charge in [0.25, 0.3) is 5.56 Å². The van der Waals surface area contributed by atoms with Gasteiger partial charge in [0.1, 0.15) is 4.83 Å². The molecule has 1 amide bonds. The molecule has 1 fully saturated rings. The Morgan fingerprint density at radius 3 is 3.00 bits per heavy atom. The van der Waals surface area contributed by atoms with Gasteiger partial charge in [0.05, 0.1) is 17.2 Å². The first-order chi connectivity index (χ1) is 14.2. The second-order valence-corrected chi connectivity index (χ2v) is 9.60. The van der Waals surface area contributed by atoms with Crippen LogP contribution in [0.3, 0.4) is 0 Å². The number of fused-ring (bicyclic) bond motifs is 3. The molecule has 3 heterocycles. The normalized spacial score (nSPS) is 19.1. The lowest BCUT2D eigenvalue weighted by molar-refractivity contribution is -0.119. The molecule has 1 aliphatic heterocycles. The van der Waals surface area contributed by atoms with Gasteiger partial charge >= 0.3 is 0 Å². The zero-order valence-electron chi connectivity index (χ0n) is 16.6. The highest BCUT2D eigenvalue weighted by Crippen LogP contribution is 2.34. The van der Waals surface area contributed by atoms with E-state index in [1.807, 2.05) is 0 Å². The fourth-order valence-corrected chi connectivity index (χ4v) is 6.15. The van der Waals surface area contributed by atoms with E-state index >= 15 is 0 Å². The lowest BCUT2D eigenvalue weighted by Crippen LogP contribution is -2.33. The zero-order valence-corrected chi connectivity index (χ0v) is 18.2. The van der Waals surface area contributed by atoms with Gasteiger partial charge in [-0.15, -0.1) is 17.9 Å². The molecule has 0 saturated carbocycles. The van der Waals surface area contributed by atoms with Crippen molar-refractivity contribution in [3.05, 3.63) is 33.4 Å². The number of carbonyl (C=O) groups excluding carboxylic acids is 1. The van der Waals surface area contributed by atoms with Gasteiger partial charge in [-0.3, -0.25) is 14.2 Å². The molecule has 0 spiro atoms. The van der Waals surface area contributed by atoms with Crippen LogP contribution in [0.15, 0.2) is 22.6 Å². The van der Waals surface area contributed by atoms with Crippen LogP contribution in [0, 0.1) is 0 Å². The molecule has 156 valence electrons. The number of nitrogens with one attached hydrogen (secondary N) is 1. The molecule has 0 radical (unpaired) electrons. The predicted molar refractivity (Wildman–Crippen MR) is 118 cm³/mol. The Morgan fingerprint density at radius 2 is 2.21 bits per heavy atom. The molecular weight excluding hydrogens is 406 g/mol. The molecule has 2 aromatic heterocycles. The monoisotopic (exact) mass is 433 g/mol. The molecule has 8 heteroatoms. The summed E-state index contributed by atoms with van der Waals surface area (Å²) in [5.41, 5.74) is 1.19. The van der Waals surface area contributed by atoms with E-state index in [2.05, 4.69) is 11.9 Å². The Hall–Kier alpha value is -1.64. The van der Waals surface area contributed by atoms with Crippen molar-refractivity contribution in [3.8, 4) is 0 Å². The molecule has 0 bridgehead atoms. The van der Waals surface area contributed by atoms with Gasteiger partial charge in [0.15, 0.2) is 5.16 Å². The molecule has 6 nitrogen and oxygen atoms in total. The minimum Gasteiger partial charge on any atom is -0.376 e. The number of ether oxygens (including phenoxy) is 1. The highest BCUT2D eigenvalue weighted by Gasteiger charge is 2.22. The van der Waals surface area contributed by atoms with Crippen molar-refractivity contribution in [2.45, 2.75) is 62.8 Å². The van der Waals surface area contributed by atoms with Gasteiger partial charge in [-0.05, 0) is 44.1 Å². The van der Waals surface area contributed by atoms with Crippen LogP contribution in [0.2, 0.25) is 0 Å². The molecule has 29 heavy (non-hydrogen) atoms. The number of rotatable bonds is 7. The molecule has 1 saturated heterocycles. The van der Waals surface area contributed by atoms with Crippen molar-refractivity contribution in [2.24, 2.45) is 0 Å². The van der Waals surface area contributed by atoms with E-state index < -0.39 is 0 Å². The number of thiophene rings is 1. The standard InChI is InChI=1S/C21H27N3O3S2/c1-2-10-24-20(26)18-15-8-4-3-5-9-16(15)29-19(18)23-21(24)28-13-17(25)22-12-14-7-6-11-27-14/h2,14H,1,3-13H2,(H,22,25)/t14-/m0/s1. The van der Waals surface area contributed by atoms with E-state index in [-0.39, 0.29) is 23.3 Å². The van der Waals surface area contributed by atoms with Crippen molar-refractivity contribution in [1.82, 2.24) is 14.9 Å². The Balaban J connectivity index is 1.54. The van der Waals surface area contributed by atoms with Crippen molar-refractivity contribution in [3.63, 3.8) is 0 Å². The highest BCUT2D eigenvalue weighted by molar-refractivity contribution is 7.99. The largest absolute Gasteiger partial charge is 0.376 e. The Bertz CT molecular complexity index is 960. The van der Waals surface area contributed by atoms with Gasteiger partial charge < -0.3 is 10.1 Å². The van der Waals surface area contributed by atoms with E-state index in [1.54, 1.807) is 22.0 Å². The topological polar surface area (TPSA) is 73.2 Å². The van der Waals surface area contributed by atoms with Crippen molar-refractivity contribution in [1.29, 1.82) is 0 Å². The molecule has 1 N–H and O–H groups in total. The summed E-state index contributed by atoms with van der Waals surface area (Å²) in [6, 6.07) is 0. The average Bonchev–Trinajstić information content (AvgIpc) is 3.29. The summed E-state index contributed by atoms with van der Waals surface area (Å²) in [5, 5.41) is 4.29. The SMILES string of the molecule is C=CCn1c(SCC(=O)NC[C@@H]2CCCO2)nc2sc3c(c2c1=O)CCCCC3. The average molecular weight is 434 g/mol. The van der Waals surface area contributed by atoms with Crippen LogP contribution >= 0.6 is 23.1 Å². The summed E-state index contributed by atoms with van der Waals surface area (Å²) in [5.74, 6) is 0.166. The summed E-state index contributed by atoms with van der Waals surface area (Å²) >= 11 is 2.96. The number of nitrogens with zero attached hydrogens (tertiary/aromatic N) is 2. The maximum absolute atomic E-state index is 13.3. The molecular formula is C21H27N3O3S2. The number of allylic oxidation sites excluding steroid dienone is 1. The Labute approximate surface area is 178 Å². The number of aromatic nitrogens is 2. The van der Waals surface area contributed by atoms with Gasteiger partial charge in [-0.25, -0.2) is 4.98 Å². The first-order valence-electron chi connectivity index (χ1n) is 10.3. The fourth-order valence-electron chi connectivity index (χ4n) is 4.01. The molecule has 0 unspecified atom stereocenters. The van der Waals surface area contributed by atoms with Crippen LogP contribution in [-0.2, 0) is 28.9 Å². The third kappa shape index (κ3) is 4.59. The van der Waals surface area contributed by atoms with Crippen LogP contribution in [0.4, 0.5) is 0 Å². The molecule has 1 atom stereocenters. The van der Waals surface area contributed by atoms with Crippen LogP contribution in [0.1, 0.15) is 42.5 Å². The van der Waals surface area contributed by atoms with Gasteiger partial charge in [0.2, 0.25) is 5.91 Å². The summed E-state index contributed by atoms with van der Waals surface area (Å²) < 4.78 is 7.20. The minimum atomic E-state index is -0.0630. The van der Waals surface area contributed by atoms with E-state index in [0.717, 1.165) is 48.9 Å². The number of carbonyl (C=O) groups is 1. The Morgan fingerprint density at radius 1 is 1.34 bits per heavy atom. The van der Waals surface area contributed by atoms with E-state index in [0.29, 0.717) is 18.2 Å². The second kappa shape index (κ2) is 9.45. The third-order valence-electron chi connectivity index (χ3n) is 5.48. The van der Waals surface area contributed by atoms with Gasteiger partial charge in [-0.2, -0.15) is 0 Å².